The molecule has 1 unspecified atom stereocenters. The third kappa shape index (κ3) is 3.11. The van der Waals surface area contributed by atoms with Crippen LogP contribution in [0.3, 0.4) is 0 Å². The maximum absolute atomic E-state index is 13.4. The molecular weight excluding hydrogens is 378 g/mol. The van der Waals surface area contributed by atoms with Gasteiger partial charge in [-0.1, -0.05) is 35.4 Å². The number of rotatable bonds is 5. The number of benzene rings is 2. The molecule has 1 atom stereocenters. The van der Waals surface area contributed by atoms with Crippen molar-refractivity contribution in [2.75, 3.05) is 20.3 Å². The van der Waals surface area contributed by atoms with E-state index in [0.29, 0.717) is 41.1 Å². The van der Waals surface area contributed by atoms with Crippen LogP contribution in [0.2, 0.25) is 5.02 Å². The number of hydrogen-bond acceptors (Lipinski definition) is 4. The first kappa shape index (κ1) is 18.7. The Hall–Kier alpha value is -2.63. The molecule has 0 saturated carbocycles. The summed E-state index contributed by atoms with van der Waals surface area (Å²) in [7, 11) is 1.62. The minimum atomic E-state index is -0.502. The van der Waals surface area contributed by atoms with Gasteiger partial charge in [-0.15, -0.1) is 0 Å². The van der Waals surface area contributed by atoms with Crippen LogP contribution >= 0.6 is 11.6 Å². The summed E-state index contributed by atoms with van der Waals surface area (Å²) in [5.41, 5.74) is 2.44. The van der Waals surface area contributed by atoms with Crippen molar-refractivity contribution in [1.29, 1.82) is 0 Å². The van der Waals surface area contributed by atoms with Gasteiger partial charge in [0, 0.05) is 25.3 Å². The summed E-state index contributed by atoms with van der Waals surface area (Å²) in [4.78, 5) is 28.2. The number of fused-ring (bicyclic) bond motifs is 2. The van der Waals surface area contributed by atoms with Crippen molar-refractivity contribution in [3.63, 3.8) is 0 Å². The van der Waals surface area contributed by atoms with Crippen molar-refractivity contribution in [2.45, 2.75) is 19.4 Å². The molecule has 0 aliphatic carbocycles. The van der Waals surface area contributed by atoms with Gasteiger partial charge in [0.25, 0.3) is 5.91 Å². The molecule has 2 heterocycles. The van der Waals surface area contributed by atoms with Crippen molar-refractivity contribution in [1.82, 2.24) is 4.90 Å². The molecule has 6 heteroatoms. The van der Waals surface area contributed by atoms with Crippen molar-refractivity contribution >= 4 is 28.5 Å². The fourth-order valence-corrected chi connectivity index (χ4v) is 3.86. The molecule has 144 valence electrons. The zero-order chi connectivity index (χ0) is 19.8. The Morgan fingerprint density at radius 3 is 2.61 bits per heavy atom. The van der Waals surface area contributed by atoms with E-state index in [1.165, 1.54) is 0 Å². The van der Waals surface area contributed by atoms with Gasteiger partial charge in [0.1, 0.15) is 5.58 Å². The first-order valence-electron chi connectivity index (χ1n) is 9.14. The summed E-state index contributed by atoms with van der Waals surface area (Å²) in [5.74, 6) is -0.149. The smallest absolute Gasteiger partial charge is 0.290 e. The van der Waals surface area contributed by atoms with Crippen LogP contribution in [0.5, 0.6) is 0 Å². The van der Waals surface area contributed by atoms with Crippen molar-refractivity contribution in [2.24, 2.45) is 0 Å². The second-order valence-electron chi connectivity index (χ2n) is 6.97. The highest BCUT2D eigenvalue weighted by Crippen LogP contribution is 2.38. The molecule has 0 radical (unpaired) electrons. The van der Waals surface area contributed by atoms with Crippen LogP contribution in [-0.2, 0) is 4.74 Å². The lowest BCUT2D eigenvalue weighted by Crippen LogP contribution is -2.31. The molecular formula is C22H20ClNO4. The molecule has 0 N–H and O–H groups in total. The van der Waals surface area contributed by atoms with Crippen LogP contribution in [-0.4, -0.2) is 31.1 Å². The van der Waals surface area contributed by atoms with E-state index in [2.05, 4.69) is 0 Å². The molecule has 0 bridgehead atoms. The zero-order valence-corrected chi connectivity index (χ0v) is 16.5. The molecule has 0 spiro atoms. The van der Waals surface area contributed by atoms with E-state index in [1.807, 2.05) is 25.1 Å². The molecule has 1 aliphatic heterocycles. The van der Waals surface area contributed by atoms with E-state index < -0.39 is 6.04 Å². The normalized spacial score (nSPS) is 16.0. The number of methoxy groups -OCH3 is 1. The maximum atomic E-state index is 13.4. The standard InChI is InChI=1S/C22H20ClNO4/c1-13-4-9-17-16(12-13)20(25)18-19(14-5-7-15(23)8-6-14)24(10-3-11-27-2)22(26)21(18)28-17/h4-9,12,19H,3,10-11H2,1-2H3. The molecule has 1 aliphatic rings. The topological polar surface area (TPSA) is 59.8 Å². The molecule has 0 fully saturated rings. The number of aryl methyl sites for hydroxylation is 1. The molecule has 0 saturated heterocycles. The predicted molar refractivity (Wildman–Crippen MR) is 108 cm³/mol. The van der Waals surface area contributed by atoms with Gasteiger partial charge >= 0.3 is 0 Å². The lowest BCUT2D eigenvalue weighted by molar-refractivity contribution is 0.0708. The number of carbonyl (C=O) groups excluding carboxylic acids is 1. The predicted octanol–water partition coefficient (Wildman–Crippen LogP) is 4.34. The summed E-state index contributed by atoms with van der Waals surface area (Å²) >= 11 is 6.04. The molecule has 2 aromatic carbocycles. The fraction of sp³-hybridized carbons (Fsp3) is 0.273. The summed E-state index contributed by atoms with van der Waals surface area (Å²) in [6.07, 6.45) is 0.660. The summed E-state index contributed by atoms with van der Waals surface area (Å²) in [6.45, 7) is 2.90. The molecule has 1 amide bonds. The van der Waals surface area contributed by atoms with Gasteiger partial charge in [-0.2, -0.15) is 0 Å². The fourth-order valence-electron chi connectivity index (χ4n) is 3.74. The average molecular weight is 398 g/mol. The van der Waals surface area contributed by atoms with Gasteiger partial charge in [0.05, 0.1) is 17.0 Å². The highest BCUT2D eigenvalue weighted by Gasteiger charge is 2.42. The van der Waals surface area contributed by atoms with Gasteiger partial charge in [0.2, 0.25) is 5.76 Å². The van der Waals surface area contributed by atoms with E-state index in [0.717, 1.165) is 11.1 Å². The minimum absolute atomic E-state index is 0.124. The van der Waals surface area contributed by atoms with E-state index in [1.54, 1.807) is 36.3 Å². The van der Waals surface area contributed by atoms with E-state index in [9.17, 15) is 9.59 Å². The van der Waals surface area contributed by atoms with Crippen LogP contribution < -0.4 is 5.43 Å². The number of carbonyl (C=O) groups is 1. The molecule has 3 aromatic rings. The van der Waals surface area contributed by atoms with Crippen LogP contribution in [0.25, 0.3) is 11.0 Å². The van der Waals surface area contributed by atoms with Crippen LogP contribution in [0.4, 0.5) is 0 Å². The number of ether oxygens (including phenoxy) is 1. The zero-order valence-electron chi connectivity index (χ0n) is 15.7. The second kappa shape index (κ2) is 7.41. The quantitative estimate of drug-likeness (QED) is 0.601. The Morgan fingerprint density at radius 1 is 1.14 bits per heavy atom. The third-order valence-corrected chi connectivity index (χ3v) is 5.31. The second-order valence-corrected chi connectivity index (χ2v) is 7.41. The third-order valence-electron chi connectivity index (χ3n) is 5.05. The molecule has 5 nitrogen and oxygen atoms in total. The van der Waals surface area contributed by atoms with Crippen molar-refractivity contribution < 1.29 is 13.9 Å². The van der Waals surface area contributed by atoms with Crippen LogP contribution in [0.15, 0.2) is 51.7 Å². The summed E-state index contributed by atoms with van der Waals surface area (Å²) < 4.78 is 11.0. The maximum Gasteiger partial charge on any atom is 0.290 e. The summed E-state index contributed by atoms with van der Waals surface area (Å²) in [6, 6.07) is 12.1. The first-order valence-corrected chi connectivity index (χ1v) is 9.52. The van der Waals surface area contributed by atoms with Crippen molar-refractivity contribution in [3.05, 3.63) is 80.2 Å². The number of amides is 1. The largest absolute Gasteiger partial charge is 0.450 e. The highest BCUT2D eigenvalue weighted by molar-refractivity contribution is 6.30. The Bertz CT molecular complexity index is 1100. The number of hydrogen-bond donors (Lipinski definition) is 0. The van der Waals surface area contributed by atoms with Crippen LogP contribution in [0.1, 0.15) is 39.7 Å². The van der Waals surface area contributed by atoms with Gasteiger partial charge in [-0.05, 0) is 43.2 Å². The lowest BCUT2D eigenvalue weighted by atomic mass is 9.98. The van der Waals surface area contributed by atoms with E-state index in [-0.39, 0.29) is 17.1 Å². The number of nitrogens with zero attached hydrogens (tertiary/aromatic N) is 1. The van der Waals surface area contributed by atoms with Gasteiger partial charge < -0.3 is 14.1 Å². The highest BCUT2D eigenvalue weighted by atomic mass is 35.5. The summed E-state index contributed by atoms with van der Waals surface area (Å²) in [5, 5.41) is 1.09. The van der Waals surface area contributed by atoms with Gasteiger partial charge in [-0.25, -0.2) is 0 Å². The molecule has 1 aromatic heterocycles. The number of halogens is 1. The SMILES string of the molecule is COCCCN1C(=O)c2oc3ccc(C)cc3c(=O)c2C1c1ccc(Cl)cc1. The Balaban J connectivity index is 1.92. The lowest BCUT2D eigenvalue weighted by Gasteiger charge is -2.25. The first-order chi connectivity index (χ1) is 13.5. The monoisotopic (exact) mass is 397 g/mol. The Labute approximate surface area is 167 Å². The molecule has 4 rings (SSSR count). The Morgan fingerprint density at radius 2 is 1.89 bits per heavy atom. The Kier molecular flexibility index (Phi) is 4.96. The van der Waals surface area contributed by atoms with Gasteiger partial charge in [0.15, 0.2) is 5.43 Å². The molecule has 28 heavy (non-hydrogen) atoms. The van der Waals surface area contributed by atoms with Crippen LogP contribution in [0, 0.1) is 6.92 Å². The van der Waals surface area contributed by atoms with Crippen molar-refractivity contribution in [3.8, 4) is 0 Å². The van der Waals surface area contributed by atoms with Gasteiger partial charge in [-0.3, -0.25) is 9.59 Å². The van der Waals surface area contributed by atoms with E-state index >= 15 is 0 Å². The van der Waals surface area contributed by atoms with E-state index in [4.69, 9.17) is 20.8 Å². The average Bonchev–Trinajstić information content (AvgIpc) is 2.96. The minimum Gasteiger partial charge on any atom is -0.450 e.